The van der Waals surface area contributed by atoms with E-state index >= 15 is 0 Å². The van der Waals surface area contributed by atoms with E-state index in [9.17, 15) is 4.39 Å². The molecule has 24 heavy (non-hydrogen) atoms. The Bertz CT molecular complexity index is 470. The number of nitrogens with zero attached hydrogens (tertiary/aromatic N) is 2. The molecule has 0 aliphatic carbocycles. The highest BCUT2D eigenvalue weighted by atomic mass is 127. The van der Waals surface area contributed by atoms with Crippen LogP contribution in [-0.2, 0) is 6.54 Å². The summed E-state index contributed by atoms with van der Waals surface area (Å²) >= 11 is 0. The van der Waals surface area contributed by atoms with Gasteiger partial charge in [0.15, 0.2) is 5.96 Å². The summed E-state index contributed by atoms with van der Waals surface area (Å²) in [5, 5.41) is 6.60. The maximum absolute atomic E-state index is 12.9. The standard InChI is InChI=1S/C18H29FN4.HI/c1-20-18(22-15-16-7-9-17(19)10-8-16)21-11-6-14-23-12-4-2-3-5-13-23;/h7-10H,2-6,11-15H2,1H3,(H2,20,21,22);1H. The molecule has 1 fully saturated rings. The van der Waals surface area contributed by atoms with Crippen molar-refractivity contribution in [2.24, 2.45) is 4.99 Å². The minimum atomic E-state index is -0.204. The van der Waals surface area contributed by atoms with Crippen LogP contribution in [0, 0.1) is 5.82 Å². The highest BCUT2D eigenvalue weighted by Crippen LogP contribution is 2.09. The average Bonchev–Trinajstić information content (AvgIpc) is 2.84. The Kier molecular flexibility index (Phi) is 11.0. The van der Waals surface area contributed by atoms with E-state index in [1.54, 1.807) is 19.2 Å². The van der Waals surface area contributed by atoms with Crippen molar-refractivity contribution in [3.8, 4) is 0 Å². The van der Waals surface area contributed by atoms with Crippen LogP contribution < -0.4 is 10.6 Å². The Hall–Kier alpha value is -0.890. The van der Waals surface area contributed by atoms with Gasteiger partial charge in [-0.15, -0.1) is 24.0 Å². The third kappa shape index (κ3) is 8.28. The van der Waals surface area contributed by atoms with E-state index in [0.29, 0.717) is 6.54 Å². The predicted molar refractivity (Wildman–Crippen MR) is 110 cm³/mol. The number of hydrogen-bond acceptors (Lipinski definition) is 2. The highest BCUT2D eigenvalue weighted by molar-refractivity contribution is 14.0. The molecule has 1 aromatic rings. The van der Waals surface area contributed by atoms with E-state index in [1.165, 1.54) is 50.9 Å². The van der Waals surface area contributed by atoms with Crippen LogP contribution in [0.3, 0.4) is 0 Å². The molecule has 0 bridgehead atoms. The van der Waals surface area contributed by atoms with Crippen molar-refractivity contribution in [1.29, 1.82) is 0 Å². The number of rotatable bonds is 6. The van der Waals surface area contributed by atoms with Crippen LogP contribution in [0.1, 0.15) is 37.7 Å². The number of likely N-dealkylation sites (tertiary alicyclic amines) is 1. The Morgan fingerprint density at radius 3 is 2.38 bits per heavy atom. The first-order valence-corrected chi connectivity index (χ1v) is 8.69. The van der Waals surface area contributed by atoms with Crippen molar-refractivity contribution < 1.29 is 4.39 Å². The molecule has 0 saturated carbocycles. The fourth-order valence-corrected chi connectivity index (χ4v) is 2.88. The molecule has 0 amide bonds. The molecule has 2 rings (SSSR count). The van der Waals surface area contributed by atoms with Gasteiger partial charge in [0.05, 0.1) is 0 Å². The minimum absolute atomic E-state index is 0. The van der Waals surface area contributed by atoms with E-state index in [4.69, 9.17) is 0 Å². The molecule has 0 aromatic heterocycles. The van der Waals surface area contributed by atoms with Crippen LogP contribution in [0.2, 0.25) is 0 Å². The van der Waals surface area contributed by atoms with Gasteiger partial charge in [-0.1, -0.05) is 25.0 Å². The Morgan fingerprint density at radius 1 is 1.08 bits per heavy atom. The molecule has 0 radical (unpaired) electrons. The molecule has 1 heterocycles. The second kappa shape index (κ2) is 12.5. The van der Waals surface area contributed by atoms with E-state index in [2.05, 4.69) is 20.5 Å². The molecule has 1 aromatic carbocycles. The first-order valence-electron chi connectivity index (χ1n) is 8.69. The lowest BCUT2D eigenvalue weighted by atomic mass is 10.2. The molecule has 0 unspecified atom stereocenters. The van der Waals surface area contributed by atoms with Gasteiger partial charge in [0.1, 0.15) is 5.82 Å². The zero-order valence-electron chi connectivity index (χ0n) is 14.6. The summed E-state index contributed by atoms with van der Waals surface area (Å²) in [5.41, 5.74) is 1.04. The van der Waals surface area contributed by atoms with Crippen molar-refractivity contribution in [3.05, 3.63) is 35.6 Å². The van der Waals surface area contributed by atoms with Crippen molar-refractivity contribution in [2.75, 3.05) is 33.2 Å². The molecule has 1 aliphatic rings. The van der Waals surface area contributed by atoms with Crippen molar-refractivity contribution in [3.63, 3.8) is 0 Å². The summed E-state index contributed by atoms with van der Waals surface area (Å²) in [6, 6.07) is 6.53. The minimum Gasteiger partial charge on any atom is -0.356 e. The topological polar surface area (TPSA) is 39.7 Å². The Labute approximate surface area is 162 Å². The fourth-order valence-electron chi connectivity index (χ4n) is 2.88. The predicted octanol–water partition coefficient (Wildman–Crippen LogP) is 3.37. The SMILES string of the molecule is CN=C(NCCCN1CCCCCC1)NCc1ccc(F)cc1.I. The molecule has 136 valence electrons. The molecule has 0 atom stereocenters. The van der Waals surface area contributed by atoms with Gasteiger partial charge >= 0.3 is 0 Å². The van der Waals surface area contributed by atoms with E-state index < -0.39 is 0 Å². The maximum atomic E-state index is 12.9. The first-order chi connectivity index (χ1) is 11.3. The number of hydrogen-bond donors (Lipinski definition) is 2. The van der Waals surface area contributed by atoms with Crippen LogP contribution in [0.25, 0.3) is 0 Å². The zero-order valence-corrected chi connectivity index (χ0v) is 16.9. The van der Waals surface area contributed by atoms with E-state index in [-0.39, 0.29) is 29.8 Å². The average molecular weight is 448 g/mol. The third-order valence-electron chi connectivity index (χ3n) is 4.24. The second-order valence-corrected chi connectivity index (χ2v) is 6.09. The maximum Gasteiger partial charge on any atom is 0.191 e. The van der Waals surface area contributed by atoms with Gasteiger partial charge in [0, 0.05) is 20.1 Å². The molecular weight excluding hydrogens is 418 g/mol. The van der Waals surface area contributed by atoms with Crippen molar-refractivity contribution in [2.45, 2.75) is 38.6 Å². The van der Waals surface area contributed by atoms with Gasteiger partial charge in [-0.05, 0) is 56.6 Å². The summed E-state index contributed by atoms with van der Waals surface area (Å²) in [6.45, 7) is 5.21. The Morgan fingerprint density at radius 2 is 1.75 bits per heavy atom. The molecule has 4 nitrogen and oxygen atoms in total. The van der Waals surface area contributed by atoms with Crippen LogP contribution >= 0.6 is 24.0 Å². The third-order valence-corrected chi connectivity index (χ3v) is 4.24. The van der Waals surface area contributed by atoms with E-state index in [1.807, 2.05) is 0 Å². The first kappa shape index (κ1) is 21.2. The normalized spacial score (nSPS) is 16.2. The van der Waals surface area contributed by atoms with Gasteiger partial charge in [-0.25, -0.2) is 4.39 Å². The van der Waals surface area contributed by atoms with Gasteiger partial charge < -0.3 is 15.5 Å². The lowest BCUT2D eigenvalue weighted by molar-refractivity contribution is 0.282. The smallest absolute Gasteiger partial charge is 0.191 e. The molecule has 6 heteroatoms. The number of aliphatic imine (C=N–C) groups is 1. The molecule has 0 spiro atoms. The fraction of sp³-hybridized carbons (Fsp3) is 0.611. The zero-order chi connectivity index (χ0) is 16.3. The second-order valence-electron chi connectivity index (χ2n) is 6.09. The number of benzene rings is 1. The number of nitrogens with one attached hydrogen (secondary N) is 2. The quantitative estimate of drug-likeness (QED) is 0.304. The van der Waals surface area contributed by atoms with Crippen molar-refractivity contribution in [1.82, 2.24) is 15.5 Å². The summed E-state index contributed by atoms with van der Waals surface area (Å²) in [7, 11) is 1.77. The van der Waals surface area contributed by atoms with Crippen LogP contribution in [0.5, 0.6) is 0 Å². The van der Waals surface area contributed by atoms with Crippen LogP contribution in [0.4, 0.5) is 4.39 Å². The molecule has 2 N–H and O–H groups in total. The summed E-state index contributed by atoms with van der Waals surface area (Å²) < 4.78 is 12.9. The van der Waals surface area contributed by atoms with Gasteiger partial charge in [0.2, 0.25) is 0 Å². The van der Waals surface area contributed by atoms with E-state index in [0.717, 1.165) is 31.0 Å². The largest absolute Gasteiger partial charge is 0.356 e. The summed E-state index contributed by atoms with van der Waals surface area (Å²) in [4.78, 5) is 6.80. The van der Waals surface area contributed by atoms with Gasteiger partial charge in [0.25, 0.3) is 0 Å². The molecule has 1 saturated heterocycles. The lowest BCUT2D eigenvalue weighted by Crippen LogP contribution is -2.38. The number of guanidine groups is 1. The van der Waals surface area contributed by atoms with Crippen LogP contribution in [-0.4, -0.2) is 44.1 Å². The van der Waals surface area contributed by atoms with Crippen molar-refractivity contribution >= 4 is 29.9 Å². The monoisotopic (exact) mass is 448 g/mol. The summed E-state index contributed by atoms with van der Waals surface area (Å²) in [5.74, 6) is 0.593. The van der Waals surface area contributed by atoms with Crippen LogP contribution in [0.15, 0.2) is 29.3 Å². The lowest BCUT2D eigenvalue weighted by Gasteiger charge is -2.20. The Balaban J connectivity index is 0.00000288. The van der Waals surface area contributed by atoms with Gasteiger partial charge in [-0.2, -0.15) is 0 Å². The highest BCUT2D eigenvalue weighted by Gasteiger charge is 2.08. The summed E-state index contributed by atoms with van der Waals surface area (Å²) in [6.07, 6.45) is 6.57. The molecular formula is C18H30FIN4. The molecule has 1 aliphatic heterocycles. The number of halogens is 2. The van der Waals surface area contributed by atoms with Gasteiger partial charge in [-0.3, -0.25) is 4.99 Å².